The summed E-state index contributed by atoms with van der Waals surface area (Å²) in [4.78, 5) is 25.4. The number of amides is 1. The lowest BCUT2D eigenvalue weighted by Crippen LogP contribution is -2.37. The molecule has 1 aliphatic heterocycles. The van der Waals surface area contributed by atoms with Gasteiger partial charge >= 0.3 is 5.97 Å². The van der Waals surface area contributed by atoms with E-state index in [0.29, 0.717) is 12.5 Å². The minimum atomic E-state index is -0.857. The minimum absolute atomic E-state index is 0.0867. The normalized spacial score (nSPS) is 30.9. The van der Waals surface area contributed by atoms with Gasteiger partial charge in [-0.25, -0.2) is 0 Å². The molecule has 1 aliphatic carbocycles. The molecule has 2 fully saturated rings. The number of likely N-dealkylation sites (tertiary alicyclic amines) is 1. The van der Waals surface area contributed by atoms with Gasteiger partial charge < -0.3 is 15.3 Å². The lowest BCUT2D eigenvalue weighted by molar-refractivity contribution is -0.140. The molecule has 0 radical (unpaired) electrons. The van der Waals surface area contributed by atoms with Gasteiger partial charge in [-0.3, -0.25) is 9.59 Å². The third-order valence-corrected chi connectivity index (χ3v) is 4.78. The Morgan fingerprint density at radius 1 is 1.26 bits per heavy atom. The summed E-state index contributed by atoms with van der Waals surface area (Å²) >= 11 is 0. The number of carboxylic acids is 1. The van der Waals surface area contributed by atoms with E-state index in [1.54, 1.807) is 0 Å². The largest absolute Gasteiger partial charge is 0.481 e. The van der Waals surface area contributed by atoms with Crippen molar-refractivity contribution >= 4 is 11.9 Å². The van der Waals surface area contributed by atoms with E-state index in [1.165, 1.54) is 0 Å². The predicted octanol–water partition coefficient (Wildman–Crippen LogP) is 0.801. The van der Waals surface area contributed by atoms with E-state index in [1.807, 2.05) is 13.8 Å². The number of carboxylic acid groups (broad SMARTS) is 1. The van der Waals surface area contributed by atoms with Crippen molar-refractivity contribution in [3.05, 3.63) is 0 Å². The second-order valence-corrected chi connectivity index (χ2v) is 6.61. The fourth-order valence-electron chi connectivity index (χ4n) is 3.21. The highest BCUT2D eigenvalue weighted by Gasteiger charge is 2.65. The molecular formula is C14H24N2O3. The van der Waals surface area contributed by atoms with E-state index in [4.69, 9.17) is 5.11 Å². The van der Waals surface area contributed by atoms with Gasteiger partial charge in [0, 0.05) is 6.54 Å². The molecule has 5 heteroatoms. The Labute approximate surface area is 114 Å². The summed E-state index contributed by atoms with van der Waals surface area (Å²) in [7, 11) is 2.11. The molecule has 1 saturated heterocycles. The van der Waals surface area contributed by atoms with Gasteiger partial charge in [0.15, 0.2) is 0 Å². The van der Waals surface area contributed by atoms with E-state index >= 15 is 0 Å². The number of hydrogen-bond donors (Lipinski definition) is 2. The van der Waals surface area contributed by atoms with Crippen LogP contribution in [0.1, 0.15) is 26.7 Å². The topological polar surface area (TPSA) is 69.6 Å². The van der Waals surface area contributed by atoms with Gasteiger partial charge in [-0.2, -0.15) is 0 Å². The van der Waals surface area contributed by atoms with Crippen LogP contribution in [-0.2, 0) is 9.59 Å². The van der Waals surface area contributed by atoms with Crippen LogP contribution in [0.15, 0.2) is 0 Å². The maximum absolute atomic E-state index is 12.1. The van der Waals surface area contributed by atoms with Gasteiger partial charge in [0.1, 0.15) is 0 Å². The van der Waals surface area contributed by atoms with Crippen LogP contribution < -0.4 is 5.32 Å². The fourth-order valence-corrected chi connectivity index (χ4v) is 3.21. The molecular weight excluding hydrogens is 244 g/mol. The Morgan fingerprint density at radius 2 is 1.84 bits per heavy atom. The number of hydrogen-bond acceptors (Lipinski definition) is 3. The van der Waals surface area contributed by atoms with Gasteiger partial charge in [-0.15, -0.1) is 0 Å². The SMILES string of the molecule is CN1CCC(CNC(=O)C2C(C(=O)O)C2(C)C)CC1. The number of carbonyl (C=O) groups excluding carboxylic acids is 1. The lowest BCUT2D eigenvalue weighted by atomic mass is 9.97. The molecule has 2 aliphatic rings. The first-order valence-electron chi connectivity index (χ1n) is 7.03. The third kappa shape index (κ3) is 2.91. The smallest absolute Gasteiger partial charge is 0.307 e. The molecule has 2 unspecified atom stereocenters. The van der Waals surface area contributed by atoms with Gasteiger partial charge in [-0.1, -0.05) is 13.8 Å². The summed E-state index contributed by atoms with van der Waals surface area (Å²) in [5, 5.41) is 12.0. The number of nitrogens with one attached hydrogen (secondary N) is 1. The molecule has 1 amide bonds. The van der Waals surface area contributed by atoms with Crippen LogP contribution >= 0.6 is 0 Å². The Hall–Kier alpha value is -1.10. The van der Waals surface area contributed by atoms with Crippen molar-refractivity contribution in [3.8, 4) is 0 Å². The third-order valence-electron chi connectivity index (χ3n) is 4.78. The number of carbonyl (C=O) groups is 2. The molecule has 2 N–H and O–H groups in total. The molecule has 1 heterocycles. The maximum atomic E-state index is 12.1. The van der Waals surface area contributed by atoms with Crippen molar-refractivity contribution in [2.24, 2.45) is 23.2 Å². The van der Waals surface area contributed by atoms with Crippen LogP contribution in [0.25, 0.3) is 0 Å². The number of nitrogens with zero attached hydrogens (tertiary/aromatic N) is 1. The van der Waals surface area contributed by atoms with E-state index in [9.17, 15) is 9.59 Å². The van der Waals surface area contributed by atoms with Crippen LogP contribution in [0.4, 0.5) is 0 Å². The maximum Gasteiger partial charge on any atom is 0.307 e. The number of rotatable bonds is 4. The highest BCUT2D eigenvalue weighted by molar-refractivity contribution is 5.91. The van der Waals surface area contributed by atoms with Crippen LogP contribution in [0, 0.1) is 23.2 Å². The van der Waals surface area contributed by atoms with Crippen molar-refractivity contribution in [3.63, 3.8) is 0 Å². The first-order chi connectivity index (χ1) is 8.84. The van der Waals surface area contributed by atoms with Crippen molar-refractivity contribution in [2.45, 2.75) is 26.7 Å². The quantitative estimate of drug-likeness (QED) is 0.791. The monoisotopic (exact) mass is 268 g/mol. The first-order valence-corrected chi connectivity index (χ1v) is 7.03. The Morgan fingerprint density at radius 3 is 2.32 bits per heavy atom. The number of piperidine rings is 1. The average molecular weight is 268 g/mol. The van der Waals surface area contributed by atoms with Crippen LogP contribution in [0.5, 0.6) is 0 Å². The summed E-state index contributed by atoms with van der Waals surface area (Å²) in [6.07, 6.45) is 2.21. The zero-order valence-electron chi connectivity index (χ0n) is 12.0. The second kappa shape index (κ2) is 5.12. The summed E-state index contributed by atoms with van der Waals surface area (Å²) in [6, 6.07) is 0. The zero-order chi connectivity index (χ0) is 14.2. The van der Waals surface area contributed by atoms with Gasteiger partial charge in [0.25, 0.3) is 0 Å². The van der Waals surface area contributed by atoms with E-state index in [-0.39, 0.29) is 11.8 Å². The Balaban J connectivity index is 1.78. The van der Waals surface area contributed by atoms with E-state index < -0.39 is 17.3 Å². The van der Waals surface area contributed by atoms with Crippen molar-refractivity contribution in [1.82, 2.24) is 10.2 Å². The Bertz CT molecular complexity index is 373. The van der Waals surface area contributed by atoms with Crippen LogP contribution in [0.3, 0.4) is 0 Å². The molecule has 0 aromatic heterocycles. The van der Waals surface area contributed by atoms with Crippen molar-refractivity contribution in [2.75, 3.05) is 26.7 Å². The summed E-state index contributed by atoms with van der Waals surface area (Å²) in [5.41, 5.74) is -0.400. The van der Waals surface area contributed by atoms with E-state index in [0.717, 1.165) is 25.9 Å². The molecule has 0 spiro atoms. The molecule has 0 aromatic carbocycles. The molecule has 108 valence electrons. The molecule has 0 aromatic rings. The minimum Gasteiger partial charge on any atom is -0.481 e. The van der Waals surface area contributed by atoms with Gasteiger partial charge in [0.05, 0.1) is 11.8 Å². The molecule has 2 atom stereocenters. The Kier molecular flexibility index (Phi) is 3.85. The fraction of sp³-hybridized carbons (Fsp3) is 0.857. The predicted molar refractivity (Wildman–Crippen MR) is 71.6 cm³/mol. The van der Waals surface area contributed by atoms with Crippen LogP contribution in [0.2, 0.25) is 0 Å². The molecule has 2 rings (SSSR count). The summed E-state index contributed by atoms with van der Waals surface area (Å²) in [5.74, 6) is -1.30. The van der Waals surface area contributed by atoms with Crippen LogP contribution in [-0.4, -0.2) is 48.6 Å². The van der Waals surface area contributed by atoms with Crippen molar-refractivity contribution in [1.29, 1.82) is 0 Å². The van der Waals surface area contributed by atoms with E-state index in [2.05, 4.69) is 17.3 Å². The number of aliphatic carboxylic acids is 1. The molecule has 5 nitrogen and oxygen atoms in total. The van der Waals surface area contributed by atoms with Gasteiger partial charge in [-0.05, 0) is 44.3 Å². The second-order valence-electron chi connectivity index (χ2n) is 6.61. The molecule has 19 heavy (non-hydrogen) atoms. The molecule has 0 bridgehead atoms. The summed E-state index contributed by atoms with van der Waals surface area (Å²) < 4.78 is 0. The first kappa shape index (κ1) is 14.3. The van der Waals surface area contributed by atoms with Gasteiger partial charge in [0.2, 0.25) is 5.91 Å². The standard InChI is InChI=1S/C14H24N2O3/c1-14(2)10(11(14)13(18)19)12(17)15-8-9-4-6-16(3)7-5-9/h9-11H,4-8H2,1-3H3,(H,15,17)(H,18,19). The highest BCUT2D eigenvalue weighted by Crippen LogP contribution is 2.58. The lowest BCUT2D eigenvalue weighted by Gasteiger charge is -2.29. The molecule has 1 saturated carbocycles. The average Bonchev–Trinajstić information content (AvgIpc) is 2.91. The van der Waals surface area contributed by atoms with Crippen molar-refractivity contribution < 1.29 is 14.7 Å². The highest BCUT2D eigenvalue weighted by atomic mass is 16.4. The zero-order valence-corrected chi connectivity index (χ0v) is 12.0. The summed E-state index contributed by atoms with van der Waals surface area (Å²) in [6.45, 7) is 6.54.